The SMILES string of the molecule is COc1ccc(/C(C)=N/O)c(OCCF)c1. The Morgan fingerprint density at radius 3 is 2.81 bits per heavy atom. The highest BCUT2D eigenvalue weighted by atomic mass is 19.1. The predicted molar refractivity (Wildman–Crippen MR) is 58.5 cm³/mol. The van der Waals surface area contributed by atoms with E-state index in [1.165, 1.54) is 7.11 Å². The van der Waals surface area contributed by atoms with Crippen LogP contribution in [0.3, 0.4) is 0 Å². The van der Waals surface area contributed by atoms with Crippen LogP contribution in [0.1, 0.15) is 12.5 Å². The fraction of sp³-hybridized carbons (Fsp3) is 0.364. The van der Waals surface area contributed by atoms with Crippen molar-refractivity contribution in [2.24, 2.45) is 5.16 Å². The third-order valence-electron chi connectivity index (χ3n) is 2.06. The van der Waals surface area contributed by atoms with Gasteiger partial charge in [0.05, 0.1) is 12.8 Å². The maximum Gasteiger partial charge on any atom is 0.132 e. The molecule has 1 N–H and O–H groups in total. The highest BCUT2D eigenvalue weighted by molar-refractivity contribution is 6.00. The zero-order valence-electron chi connectivity index (χ0n) is 9.24. The van der Waals surface area contributed by atoms with Crippen molar-refractivity contribution in [1.82, 2.24) is 0 Å². The lowest BCUT2D eigenvalue weighted by Gasteiger charge is -2.11. The minimum absolute atomic E-state index is 0.0428. The molecule has 0 aliphatic heterocycles. The molecule has 0 aliphatic carbocycles. The Kier molecular flexibility index (Phi) is 4.57. The number of rotatable bonds is 5. The van der Waals surface area contributed by atoms with Crippen LogP contribution in [0.4, 0.5) is 4.39 Å². The largest absolute Gasteiger partial charge is 0.497 e. The summed E-state index contributed by atoms with van der Waals surface area (Å²) >= 11 is 0. The van der Waals surface area contributed by atoms with Crippen LogP contribution in [-0.4, -0.2) is 31.3 Å². The number of hydrogen-bond acceptors (Lipinski definition) is 4. The van der Waals surface area contributed by atoms with Crippen LogP contribution < -0.4 is 9.47 Å². The topological polar surface area (TPSA) is 51.0 Å². The zero-order valence-corrected chi connectivity index (χ0v) is 9.24. The third kappa shape index (κ3) is 2.85. The second kappa shape index (κ2) is 5.95. The van der Waals surface area contributed by atoms with Crippen LogP contribution in [0.5, 0.6) is 11.5 Å². The summed E-state index contributed by atoms with van der Waals surface area (Å²) in [5, 5.41) is 11.8. The molecule has 0 saturated carbocycles. The Morgan fingerprint density at radius 2 is 2.25 bits per heavy atom. The summed E-state index contributed by atoms with van der Waals surface area (Å²) in [6, 6.07) is 5.04. The van der Waals surface area contributed by atoms with Gasteiger partial charge < -0.3 is 14.7 Å². The molecule has 0 spiro atoms. The number of oxime groups is 1. The van der Waals surface area contributed by atoms with E-state index in [2.05, 4.69) is 5.16 Å². The lowest BCUT2D eigenvalue weighted by Crippen LogP contribution is -2.05. The second-order valence-corrected chi connectivity index (χ2v) is 3.08. The van der Waals surface area contributed by atoms with E-state index >= 15 is 0 Å². The number of halogens is 1. The molecule has 0 saturated heterocycles. The van der Waals surface area contributed by atoms with Gasteiger partial charge in [0, 0.05) is 11.6 Å². The first-order chi connectivity index (χ1) is 7.72. The van der Waals surface area contributed by atoms with Crippen molar-refractivity contribution in [3.8, 4) is 11.5 Å². The summed E-state index contributed by atoms with van der Waals surface area (Å²) in [5.41, 5.74) is 1.01. The van der Waals surface area contributed by atoms with E-state index in [1.54, 1.807) is 25.1 Å². The Bertz CT molecular complexity index is 379. The maximum absolute atomic E-state index is 12.0. The summed E-state index contributed by atoms with van der Waals surface area (Å²) in [6.45, 7) is 1.01. The molecule has 0 fully saturated rings. The minimum atomic E-state index is -0.577. The molecule has 0 aromatic heterocycles. The van der Waals surface area contributed by atoms with Crippen molar-refractivity contribution in [1.29, 1.82) is 0 Å². The van der Waals surface area contributed by atoms with E-state index in [9.17, 15) is 4.39 Å². The Hall–Kier alpha value is -1.78. The van der Waals surface area contributed by atoms with E-state index in [1.807, 2.05) is 0 Å². The van der Waals surface area contributed by atoms with Crippen molar-refractivity contribution in [2.45, 2.75) is 6.92 Å². The van der Waals surface area contributed by atoms with Gasteiger partial charge in [0.1, 0.15) is 24.8 Å². The molecular weight excluding hydrogens is 213 g/mol. The van der Waals surface area contributed by atoms with Crippen LogP contribution >= 0.6 is 0 Å². The van der Waals surface area contributed by atoms with Crippen LogP contribution in [0, 0.1) is 0 Å². The van der Waals surface area contributed by atoms with Crippen LogP contribution in [0.25, 0.3) is 0 Å². The monoisotopic (exact) mass is 227 g/mol. The number of ether oxygens (including phenoxy) is 2. The normalized spacial score (nSPS) is 11.3. The summed E-state index contributed by atoms with van der Waals surface area (Å²) < 4.78 is 22.3. The lowest BCUT2D eigenvalue weighted by molar-refractivity contribution is 0.271. The molecule has 0 radical (unpaired) electrons. The predicted octanol–water partition coefficient (Wildman–Crippen LogP) is 2.24. The molecule has 4 nitrogen and oxygen atoms in total. The van der Waals surface area contributed by atoms with E-state index in [-0.39, 0.29) is 6.61 Å². The van der Waals surface area contributed by atoms with E-state index in [0.717, 1.165) is 0 Å². The highest BCUT2D eigenvalue weighted by Gasteiger charge is 2.09. The van der Waals surface area contributed by atoms with Crippen molar-refractivity contribution in [3.63, 3.8) is 0 Å². The first kappa shape index (κ1) is 12.3. The average molecular weight is 227 g/mol. The molecule has 1 aromatic rings. The number of benzene rings is 1. The van der Waals surface area contributed by atoms with Gasteiger partial charge in [0.15, 0.2) is 0 Å². The number of hydrogen-bond donors (Lipinski definition) is 1. The summed E-state index contributed by atoms with van der Waals surface area (Å²) in [4.78, 5) is 0. The molecule has 0 unspecified atom stereocenters. The minimum Gasteiger partial charge on any atom is -0.497 e. The van der Waals surface area contributed by atoms with Crippen molar-refractivity contribution in [2.75, 3.05) is 20.4 Å². The first-order valence-corrected chi connectivity index (χ1v) is 4.78. The molecule has 1 aromatic carbocycles. The standard InChI is InChI=1S/C11H14FNO3/c1-8(13-14)10-4-3-9(15-2)7-11(10)16-6-5-12/h3-4,7,14H,5-6H2,1-2H3/b13-8+. The van der Waals surface area contributed by atoms with Gasteiger partial charge in [-0.05, 0) is 19.1 Å². The number of methoxy groups -OCH3 is 1. The van der Waals surface area contributed by atoms with Crippen molar-refractivity contribution >= 4 is 5.71 Å². The summed E-state index contributed by atoms with van der Waals surface area (Å²) in [6.07, 6.45) is 0. The van der Waals surface area contributed by atoms with E-state index < -0.39 is 6.67 Å². The van der Waals surface area contributed by atoms with Crippen LogP contribution in [0.15, 0.2) is 23.4 Å². The van der Waals surface area contributed by atoms with Crippen LogP contribution in [0.2, 0.25) is 0 Å². The molecule has 16 heavy (non-hydrogen) atoms. The van der Waals surface area contributed by atoms with Gasteiger partial charge in [-0.25, -0.2) is 4.39 Å². The molecule has 0 aliphatic rings. The molecule has 1 rings (SSSR count). The van der Waals surface area contributed by atoms with Gasteiger partial charge in [-0.1, -0.05) is 5.16 Å². The molecule has 0 amide bonds. The average Bonchev–Trinajstić information content (AvgIpc) is 2.34. The van der Waals surface area contributed by atoms with Gasteiger partial charge in [-0.2, -0.15) is 0 Å². The zero-order chi connectivity index (χ0) is 12.0. The Labute approximate surface area is 93.3 Å². The molecule has 0 atom stereocenters. The summed E-state index contributed by atoms with van der Waals surface area (Å²) in [5.74, 6) is 1.04. The van der Waals surface area contributed by atoms with Gasteiger partial charge in [-0.15, -0.1) is 0 Å². The molecule has 0 bridgehead atoms. The Balaban J connectivity index is 3.06. The first-order valence-electron chi connectivity index (χ1n) is 4.78. The van der Waals surface area contributed by atoms with Crippen molar-refractivity contribution < 1.29 is 19.1 Å². The maximum atomic E-state index is 12.0. The second-order valence-electron chi connectivity index (χ2n) is 3.08. The van der Waals surface area contributed by atoms with Gasteiger partial charge >= 0.3 is 0 Å². The lowest BCUT2D eigenvalue weighted by atomic mass is 10.1. The number of alkyl halides is 1. The Morgan fingerprint density at radius 1 is 1.50 bits per heavy atom. The fourth-order valence-electron chi connectivity index (χ4n) is 1.25. The summed E-state index contributed by atoms with van der Waals surface area (Å²) in [7, 11) is 1.53. The smallest absolute Gasteiger partial charge is 0.132 e. The third-order valence-corrected chi connectivity index (χ3v) is 2.06. The number of nitrogens with zero attached hydrogens (tertiary/aromatic N) is 1. The molecular formula is C11H14FNO3. The van der Waals surface area contributed by atoms with Gasteiger partial charge in [0.25, 0.3) is 0 Å². The van der Waals surface area contributed by atoms with Crippen molar-refractivity contribution in [3.05, 3.63) is 23.8 Å². The molecule has 88 valence electrons. The molecule has 5 heteroatoms. The van der Waals surface area contributed by atoms with Gasteiger partial charge in [-0.3, -0.25) is 0 Å². The molecule has 0 heterocycles. The fourth-order valence-corrected chi connectivity index (χ4v) is 1.25. The highest BCUT2D eigenvalue weighted by Crippen LogP contribution is 2.25. The van der Waals surface area contributed by atoms with Gasteiger partial charge in [0.2, 0.25) is 0 Å². The van der Waals surface area contributed by atoms with E-state index in [4.69, 9.17) is 14.7 Å². The van der Waals surface area contributed by atoms with Crippen LogP contribution in [-0.2, 0) is 0 Å². The van der Waals surface area contributed by atoms with E-state index in [0.29, 0.717) is 22.8 Å². The quantitative estimate of drug-likeness (QED) is 0.477.